The van der Waals surface area contributed by atoms with Crippen LogP contribution in [0, 0.1) is 11.8 Å². The number of nitrogens with one attached hydrogen (secondary N) is 3. The molecule has 224 valence electrons. The normalized spacial score (nSPS) is 15.4. The summed E-state index contributed by atoms with van der Waals surface area (Å²) in [5.74, 6) is -3.52. The number of hydrogen-bond donors (Lipinski definition) is 8. The standard InChI is InChI=1S/C27H45N7O6/c1-5-15(3)21(28)24(37)34-22(16(4)6-2)25(38)32-19(8-7-13-31-27(29)30)23(36)33-20(26(39)40)14-17-9-11-18(35)12-10-17/h9-12,15-16,19-22,35H,5-8,13-14,28H2,1-4H3,(H,32,38)(H,33,36)(H,34,37)(H,39,40)(H4,29,30,31). The van der Waals surface area contributed by atoms with E-state index in [0.29, 0.717) is 24.8 Å². The summed E-state index contributed by atoms with van der Waals surface area (Å²) >= 11 is 0. The van der Waals surface area contributed by atoms with Crippen LogP contribution in [0.3, 0.4) is 0 Å². The Labute approximate surface area is 235 Å². The van der Waals surface area contributed by atoms with Gasteiger partial charge < -0.3 is 43.4 Å². The summed E-state index contributed by atoms with van der Waals surface area (Å²) in [6, 6.07) is 1.73. The molecule has 13 heteroatoms. The zero-order valence-corrected chi connectivity index (χ0v) is 23.7. The molecule has 0 aromatic heterocycles. The summed E-state index contributed by atoms with van der Waals surface area (Å²) in [6.45, 7) is 7.61. The van der Waals surface area contributed by atoms with E-state index in [0.717, 1.165) is 0 Å². The Hall–Kier alpha value is -3.87. The van der Waals surface area contributed by atoms with Gasteiger partial charge in [-0.15, -0.1) is 0 Å². The molecule has 1 rings (SSSR count). The highest BCUT2D eigenvalue weighted by atomic mass is 16.4. The Balaban J connectivity index is 3.13. The number of carboxylic acid groups (broad SMARTS) is 1. The summed E-state index contributed by atoms with van der Waals surface area (Å²) in [5.41, 5.74) is 17.4. The molecule has 0 saturated carbocycles. The third-order valence-corrected chi connectivity index (χ3v) is 6.92. The maximum Gasteiger partial charge on any atom is 0.326 e. The molecule has 1 aromatic rings. The van der Waals surface area contributed by atoms with Gasteiger partial charge in [-0.25, -0.2) is 4.79 Å². The van der Waals surface area contributed by atoms with E-state index in [1.807, 2.05) is 20.8 Å². The lowest BCUT2D eigenvalue weighted by atomic mass is 9.95. The second-order valence-electron chi connectivity index (χ2n) is 10.1. The summed E-state index contributed by atoms with van der Waals surface area (Å²) < 4.78 is 0. The van der Waals surface area contributed by atoms with Crippen molar-refractivity contribution in [2.45, 2.75) is 84.0 Å². The van der Waals surface area contributed by atoms with Gasteiger partial charge in [0.2, 0.25) is 17.7 Å². The van der Waals surface area contributed by atoms with Gasteiger partial charge in [-0.2, -0.15) is 0 Å². The number of carbonyl (C=O) groups excluding carboxylic acids is 3. The predicted molar refractivity (Wildman–Crippen MR) is 152 cm³/mol. The molecule has 0 heterocycles. The molecular formula is C27H45N7O6. The molecule has 0 aliphatic rings. The van der Waals surface area contributed by atoms with Gasteiger partial charge >= 0.3 is 5.97 Å². The van der Waals surface area contributed by atoms with Gasteiger partial charge in [-0.1, -0.05) is 52.7 Å². The van der Waals surface area contributed by atoms with E-state index in [1.54, 1.807) is 19.1 Å². The first-order valence-corrected chi connectivity index (χ1v) is 13.5. The number of aliphatic imine (C=N–C) groups is 1. The van der Waals surface area contributed by atoms with E-state index < -0.39 is 47.9 Å². The van der Waals surface area contributed by atoms with E-state index in [-0.39, 0.29) is 42.9 Å². The average Bonchev–Trinajstić information content (AvgIpc) is 2.92. The maximum atomic E-state index is 13.4. The number of nitrogens with zero attached hydrogens (tertiary/aromatic N) is 1. The number of amides is 3. The van der Waals surface area contributed by atoms with Crippen molar-refractivity contribution in [1.29, 1.82) is 0 Å². The van der Waals surface area contributed by atoms with Gasteiger partial charge in [-0.05, 0) is 42.4 Å². The molecule has 1 aromatic carbocycles. The third-order valence-electron chi connectivity index (χ3n) is 6.92. The smallest absolute Gasteiger partial charge is 0.326 e. The number of aromatic hydroxyl groups is 1. The Kier molecular flexibility index (Phi) is 14.5. The Morgan fingerprint density at radius 2 is 1.45 bits per heavy atom. The van der Waals surface area contributed by atoms with Crippen molar-refractivity contribution in [2.24, 2.45) is 34.0 Å². The number of guanidine groups is 1. The number of phenols is 1. The highest BCUT2D eigenvalue weighted by molar-refractivity contribution is 5.94. The van der Waals surface area contributed by atoms with Crippen LogP contribution in [0.1, 0.15) is 58.9 Å². The third kappa shape index (κ3) is 11.5. The minimum Gasteiger partial charge on any atom is -0.508 e. The fourth-order valence-electron chi connectivity index (χ4n) is 3.84. The Morgan fingerprint density at radius 3 is 1.98 bits per heavy atom. The van der Waals surface area contributed by atoms with E-state index in [4.69, 9.17) is 17.2 Å². The SMILES string of the molecule is CCC(C)C(N)C(=O)NC(C(=O)NC(CCCN=C(N)N)C(=O)NC(Cc1ccc(O)cc1)C(=O)O)C(C)CC. The first-order chi connectivity index (χ1) is 18.8. The lowest BCUT2D eigenvalue weighted by Gasteiger charge is -2.28. The average molecular weight is 564 g/mol. The molecule has 13 nitrogen and oxygen atoms in total. The van der Waals surface area contributed by atoms with E-state index >= 15 is 0 Å². The van der Waals surface area contributed by atoms with Gasteiger partial charge in [0, 0.05) is 13.0 Å². The number of aliphatic carboxylic acids is 1. The lowest BCUT2D eigenvalue weighted by molar-refractivity contribution is -0.142. The minimum absolute atomic E-state index is 0.0243. The molecule has 0 spiro atoms. The van der Waals surface area contributed by atoms with Gasteiger partial charge in [0.05, 0.1) is 6.04 Å². The highest BCUT2D eigenvalue weighted by Crippen LogP contribution is 2.14. The molecule has 0 bridgehead atoms. The van der Waals surface area contributed by atoms with Crippen molar-refractivity contribution < 1.29 is 29.4 Å². The summed E-state index contributed by atoms with van der Waals surface area (Å²) in [5, 5.41) is 27.1. The van der Waals surface area contributed by atoms with E-state index in [9.17, 15) is 29.4 Å². The van der Waals surface area contributed by atoms with E-state index in [1.165, 1.54) is 12.1 Å². The zero-order chi connectivity index (χ0) is 30.4. The maximum absolute atomic E-state index is 13.4. The predicted octanol–water partition coefficient (Wildman–Crippen LogP) is -0.0532. The number of hydrogen-bond acceptors (Lipinski definition) is 7. The Bertz CT molecular complexity index is 1010. The van der Waals surface area contributed by atoms with Crippen LogP contribution in [0.5, 0.6) is 5.75 Å². The van der Waals surface area contributed by atoms with Gasteiger partial charge in [0.15, 0.2) is 5.96 Å². The lowest BCUT2D eigenvalue weighted by Crippen LogP contribution is -2.59. The molecule has 0 aliphatic carbocycles. The highest BCUT2D eigenvalue weighted by Gasteiger charge is 2.33. The van der Waals surface area contributed by atoms with Gasteiger partial charge in [0.25, 0.3) is 0 Å². The largest absolute Gasteiger partial charge is 0.508 e. The van der Waals surface area contributed by atoms with Crippen LogP contribution in [0.2, 0.25) is 0 Å². The molecule has 40 heavy (non-hydrogen) atoms. The fourth-order valence-corrected chi connectivity index (χ4v) is 3.84. The van der Waals surface area contributed by atoms with Crippen molar-refractivity contribution >= 4 is 29.7 Å². The summed E-state index contributed by atoms with van der Waals surface area (Å²) in [7, 11) is 0. The van der Waals surface area contributed by atoms with Crippen LogP contribution in [-0.4, -0.2) is 70.6 Å². The first-order valence-electron chi connectivity index (χ1n) is 13.5. The van der Waals surface area contributed by atoms with Crippen LogP contribution in [0.15, 0.2) is 29.3 Å². The van der Waals surface area contributed by atoms with Crippen molar-refractivity contribution in [2.75, 3.05) is 6.54 Å². The number of carboxylic acids is 1. The number of phenolic OH excluding ortho intramolecular Hbond substituents is 1. The van der Waals surface area contributed by atoms with E-state index in [2.05, 4.69) is 20.9 Å². The molecule has 6 unspecified atom stereocenters. The van der Waals surface area contributed by atoms with Crippen molar-refractivity contribution in [3.05, 3.63) is 29.8 Å². The fraction of sp³-hybridized carbons (Fsp3) is 0.593. The summed E-state index contributed by atoms with van der Waals surface area (Å²) in [4.78, 5) is 55.2. The zero-order valence-electron chi connectivity index (χ0n) is 23.7. The van der Waals surface area contributed by atoms with Crippen molar-refractivity contribution in [1.82, 2.24) is 16.0 Å². The van der Waals surface area contributed by atoms with Crippen molar-refractivity contribution in [3.8, 4) is 5.75 Å². The van der Waals surface area contributed by atoms with Crippen LogP contribution < -0.4 is 33.2 Å². The molecule has 0 aliphatic heterocycles. The number of benzene rings is 1. The number of carbonyl (C=O) groups is 4. The topological polar surface area (TPSA) is 235 Å². The van der Waals surface area contributed by atoms with Crippen molar-refractivity contribution in [3.63, 3.8) is 0 Å². The number of nitrogens with two attached hydrogens (primary N) is 3. The quantitative estimate of drug-likeness (QED) is 0.0719. The van der Waals surface area contributed by atoms with Crippen LogP contribution in [0.4, 0.5) is 0 Å². The van der Waals surface area contributed by atoms with Crippen LogP contribution in [0.25, 0.3) is 0 Å². The Morgan fingerprint density at radius 1 is 0.875 bits per heavy atom. The van der Waals surface area contributed by atoms with Crippen LogP contribution >= 0.6 is 0 Å². The van der Waals surface area contributed by atoms with Gasteiger partial charge in [0.1, 0.15) is 23.9 Å². The molecule has 0 radical (unpaired) electrons. The second kappa shape index (κ2) is 17.0. The molecule has 11 N–H and O–H groups in total. The van der Waals surface area contributed by atoms with Crippen LogP contribution in [-0.2, 0) is 25.6 Å². The molecular weight excluding hydrogens is 518 g/mol. The summed E-state index contributed by atoms with van der Waals surface area (Å²) in [6.07, 6.45) is 1.61. The number of rotatable bonds is 17. The molecule has 0 saturated heterocycles. The molecule has 3 amide bonds. The minimum atomic E-state index is -1.30. The second-order valence-corrected chi connectivity index (χ2v) is 10.1. The molecule has 6 atom stereocenters. The monoisotopic (exact) mass is 563 g/mol. The van der Waals surface area contributed by atoms with Gasteiger partial charge in [-0.3, -0.25) is 19.4 Å². The first kappa shape index (κ1) is 34.2. The molecule has 0 fully saturated rings.